The minimum absolute atomic E-state index is 0.0575. The van der Waals surface area contributed by atoms with E-state index in [1.54, 1.807) is 16.2 Å². The molecule has 146 valence electrons. The van der Waals surface area contributed by atoms with Crippen molar-refractivity contribution in [3.8, 4) is 5.75 Å². The second kappa shape index (κ2) is 8.44. The molecule has 0 radical (unpaired) electrons. The van der Waals surface area contributed by atoms with Crippen molar-refractivity contribution >= 4 is 27.1 Å². The fourth-order valence-electron chi connectivity index (χ4n) is 3.27. The highest BCUT2D eigenvalue weighted by molar-refractivity contribution is 7.91. The summed E-state index contributed by atoms with van der Waals surface area (Å²) in [6.07, 6.45) is 0.743. The van der Waals surface area contributed by atoms with Crippen molar-refractivity contribution in [3.63, 3.8) is 0 Å². The molecule has 1 amide bonds. The van der Waals surface area contributed by atoms with E-state index in [4.69, 9.17) is 4.74 Å². The van der Waals surface area contributed by atoms with Crippen LogP contribution in [-0.4, -0.2) is 43.4 Å². The molecule has 0 N–H and O–H groups in total. The molecule has 0 aliphatic carbocycles. The zero-order valence-electron chi connectivity index (χ0n) is 15.7. The molecule has 1 aliphatic heterocycles. The van der Waals surface area contributed by atoms with Crippen LogP contribution >= 0.6 is 11.3 Å². The summed E-state index contributed by atoms with van der Waals surface area (Å²) in [7, 11) is -3.05. The van der Waals surface area contributed by atoms with Gasteiger partial charge in [0.2, 0.25) is 5.91 Å². The summed E-state index contributed by atoms with van der Waals surface area (Å²) in [5.41, 5.74) is 2.14. The Morgan fingerprint density at radius 3 is 2.78 bits per heavy atom. The van der Waals surface area contributed by atoms with Crippen molar-refractivity contribution in [2.24, 2.45) is 0 Å². The van der Waals surface area contributed by atoms with Crippen molar-refractivity contribution in [3.05, 3.63) is 51.7 Å². The first-order chi connectivity index (χ1) is 12.8. The number of carbonyl (C=O) groups excluding carboxylic acids is 1. The van der Waals surface area contributed by atoms with E-state index in [1.807, 2.05) is 49.6 Å². The van der Waals surface area contributed by atoms with Crippen molar-refractivity contribution in [1.29, 1.82) is 0 Å². The van der Waals surface area contributed by atoms with E-state index in [1.165, 1.54) is 0 Å². The van der Waals surface area contributed by atoms with Crippen LogP contribution < -0.4 is 4.74 Å². The highest BCUT2D eigenvalue weighted by Crippen LogP contribution is 2.23. The van der Waals surface area contributed by atoms with Gasteiger partial charge in [-0.2, -0.15) is 0 Å². The number of sulfone groups is 1. The van der Waals surface area contributed by atoms with Gasteiger partial charge in [0.15, 0.2) is 9.84 Å². The van der Waals surface area contributed by atoms with Gasteiger partial charge in [-0.25, -0.2) is 8.42 Å². The molecule has 5 nitrogen and oxygen atoms in total. The summed E-state index contributed by atoms with van der Waals surface area (Å²) in [5.74, 6) is 0.944. The number of nitrogens with zero attached hydrogens (tertiary/aromatic N) is 1. The molecule has 0 saturated carbocycles. The van der Waals surface area contributed by atoms with E-state index >= 15 is 0 Å². The lowest BCUT2D eigenvalue weighted by molar-refractivity contribution is -0.134. The smallest absolute Gasteiger partial charge is 0.226 e. The number of thiophene rings is 1. The minimum atomic E-state index is -3.05. The molecule has 2 aromatic rings. The van der Waals surface area contributed by atoms with Gasteiger partial charge in [0, 0.05) is 10.9 Å². The quantitative estimate of drug-likeness (QED) is 0.706. The summed E-state index contributed by atoms with van der Waals surface area (Å²) in [5, 5.41) is 1.97. The van der Waals surface area contributed by atoms with Gasteiger partial charge >= 0.3 is 0 Å². The molecule has 1 aromatic carbocycles. The average Bonchev–Trinajstić information content (AvgIpc) is 3.24. The van der Waals surface area contributed by atoms with Crippen LogP contribution in [-0.2, 0) is 21.2 Å². The number of hydrogen-bond donors (Lipinski definition) is 0. The third-order valence-electron chi connectivity index (χ3n) is 4.79. The highest BCUT2D eigenvalue weighted by Gasteiger charge is 2.34. The summed E-state index contributed by atoms with van der Waals surface area (Å²) < 4.78 is 29.6. The maximum absolute atomic E-state index is 12.9. The molecule has 0 unspecified atom stereocenters. The summed E-state index contributed by atoms with van der Waals surface area (Å²) in [4.78, 5) is 15.6. The monoisotopic (exact) mass is 407 g/mol. The third-order valence-corrected chi connectivity index (χ3v) is 7.40. The van der Waals surface area contributed by atoms with Gasteiger partial charge in [-0.15, -0.1) is 11.3 Å². The van der Waals surface area contributed by atoms with E-state index < -0.39 is 9.84 Å². The van der Waals surface area contributed by atoms with Gasteiger partial charge in [0.05, 0.1) is 31.1 Å². The number of rotatable bonds is 7. The van der Waals surface area contributed by atoms with Crippen LogP contribution in [0.25, 0.3) is 0 Å². The van der Waals surface area contributed by atoms with Crippen LogP contribution in [0.4, 0.5) is 0 Å². The normalized spacial score (nSPS) is 18.4. The molecule has 0 spiro atoms. The Bertz CT molecular complexity index is 891. The summed E-state index contributed by atoms with van der Waals surface area (Å²) in [6, 6.07) is 9.66. The molecular formula is C20H25NO4S2. The molecule has 27 heavy (non-hydrogen) atoms. The molecule has 1 atom stereocenters. The maximum Gasteiger partial charge on any atom is 0.226 e. The topological polar surface area (TPSA) is 63.7 Å². The number of ether oxygens (including phenoxy) is 1. The van der Waals surface area contributed by atoms with Crippen LogP contribution in [0.15, 0.2) is 35.7 Å². The maximum atomic E-state index is 12.9. The lowest BCUT2D eigenvalue weighted by Crippen LogP contribution is -2.41. The fraction of sp³-hybridized carbons (Fsp3) is 0.450. The number of carbonyl (C=O) groups is 1. The third kappa shape index (κ3) is 5.32. The van der Waals surface area contributed by atoms with Crippen molar-refractivity contribution in [2.75, 3.05) is 18.1 Å². The predicted octanol–water partition coefficient (Wildman–Crippen LogP) is 3.35. The molecule has 1 aromatic heterocycles. The van der Waals surface area contributed by atoms with Gasteiger partial charge in [-0.3, -0.25) is 4.79 Å². The standard InChI is InChI=1S/C20H25NO4S2/c1-15-5-6-16(2)19(12-15)25-9-7-20(22)21(13-18-4-3-10-26-18)17-8-11-27(23,24)14-17/h3-6,10,12,17H,7-9,11,13-14H2,1-2H3/t17-/m1/s1. The first-order valence-corrected chi connectivity index (χ1v) is 11.8. The van der Waals surface area contributed by atoms with Crippen molar-refractivity contribution in [1.82, 2.24) is 4.90 Å². The Morgan fingerprint density at radius 2 is 2.11 bits per heavy atom. The molecule has 1 fully saturated rings. The number of amides is 1. The van der Waals surface area contributed by atoms with Crippen LogP contribution in [0.2, 0.25) is 0 Å². The van der Waals surface area contributed by atoms with Gasteiger partial charge < -0.3 is 9.64 Å². The summed E-state index contributed by atoms with van der Waals surface area (Å²) in [6.45, 7) is 4.72. The molecule has 1 aliphatic rings. The fourth-order valence-corrected chi connectivity index (χ4v) is 5.70. The van der Waals surface area contributed by atoms with Crippen LogP contribution in [0.3, 0.4) is 0 Å². The van der Waals surface area contributed by atoms with Gasteiger partial charge in [0.25, 0.3) is 0 Å². The lowest BCUT2D eigenvalue weighted by Gasteiger charge is -2.28. The van der Waals surface area contributed by atoms with Crippen LogP contribution in [0, 0.1) is 13.8 Å². The van der Waals surface area contributed by atoms with E-state index in [9.17, 15) is 13.2 Å². The van der Waals surface area contributed by atoms with E-state index in [0.29, 0.717) is 13.0 Å². The number of aryl methyl sites for hydroxylation is 2. The van der Waals surface area contributed by atoms with Crippen molar-refractivity contribution < 1.29 is 17.9 Å². The van der Waals surface area contributed by atoms with Crippen LogP contribution in [0.5, 0.6) is 5.75 Å². The average molecular weight is 408 g/mol. The highest BCUT2D eigenvalue weighted by atomic mass is 32.2. The first-order valence-electron chi connectivity index (χ1n) is 9.06. The van der Waals surface area contributed by atoms with Gasteiger partial charge in [-0.1, -0.05) is 18.2 Å². The second-order valence-electron chi connectivity index (χ2n) is 7.03. The Labute approximate surface area is 164 Å². The zero-order chi connectivity index (χ0) is 19.4. The van der Waals surface area contributed by atoms with Gasteiger partial charge in [-0.05, 0) is 48.9 Å². The number of benzene rings is 1. The molecule has 1 saturated heterocycles. The Balaban J connectivity index is 1.64. The Morgan fingerprint density at radius 1 is 1.30 bits per heavy atom. The second-order valence-corrected chi connectivity index (χ2v) is 10.3. The molecule has 0 bridgehead atoms. The Hall–Kier alpha value is -1.86. The largest absolute Gasteiger partial charge is 0.493 e. The number of hydrogen-bond acceptors (Lipinski definition) is 5. The molecule has 3 rings (SSSR count). The Kier molecular flexibility index (Phi) is 6.22. The first kappa shape index (κ1) is 19.9. The van der Waals surface area contributed by atoms with Gasteiger partial charge in [0.1, 0.15) is 5.75 Å². The van der Waals surface area contributed by atoms with E-state index in [-0.39, 0.29) is 36.5 Å². The molecule has 7 heteroatoms. The SMILES string of the molecule is Cc1ccc(C)c(OCCC(=O)N(Cc2cccs2)[C@@H]2CCS(=O)(=O)C2)c1. The molecule has 2 heterocycles. The predicted molar refractivity (Wildman–Crippen MR) is 108 cm³/mol. The van der Waals surface area contributed by atoms with Crippen molar-refractivity contribution in [2.45, 2.75) is 39.3 Å². The van der Waals surface area contributed by atoms with E-state index in [0.717, 1.165) is 21.8 Å². The lowest BCUT2D eigenvalue weighted by atomic mass is 10.1. The zero-order valence-corrected chi connectivity index (χ0v) is 17.3. The minimum Gasteiger partial charge on any atom is -0.493 e. The van der Waals surface area contributed by atoms with E-state index in [2.05, 4.69) is 0 Å². The summed E-state index contributed by atoms with van der Waals surface area (Å²) >= 11 is 1.58. The molecular weight excluding hydrogens is 382 g/mol. The van der Waals surface area contributed by atoms with Crippen LogP contribution in [0.1, 0.15) is 28.8 Å².